The number of aliphatic hydroxyl groups is 5. The van der Waals surface area contributed by atoms with Gasteiger partial charge < -0.3 is 45.1 Å². The first kappa shape index (κ1) is 90.9. The largest absolute Gasteiger partial charge is 0.466 e. The van der Waals surface area contributed by atoms with Crippen molar-refractivity contribution in [3.63, 3.8) is 0 Å². The van der Waals surface area contributed by atoms with E-state index in [4.69, 9.17) is 14.2 Å². The fourth-order valence-electron chi connectivity index (χ4n) is 13.5. The summed E-state index contributed by atoms with van der Waals surface area (Å²) >= 11 is 0. The summed E-state index contributed by atoms with van der Waals surface area (Å²) in [4.78, 5) is 25.2. The Bertz CT molecular complexity index is 1670. The average Bonchev–Trinajstić information content (AvgIpc) is 0.836. The van der Waals surface area contributed by atoms with E-state index in [-0.39, 0.29) is 18.5 Å². The second-order valence-corrected chi connectivity index (χ2v) is 29.2. The number of aliphatic hydroxyl groups excluding tert-OH is 5. The van der Waals surface area contributed by atoms with Crippen molar-refractivity contribution in [2.24, 2.45) is 0 Å². The number of hydrogen-bond acceptors (Lipinski definition) is 10. The zero-order valence-corrected chi connectivity index (χ0v) is 62.7. The minimum Gasteiger partial charge on any atom is -0.466 e. The van der Waals surface area contributed by atoms with Gasteiger partial charge in [0, 0.05) is 12.8 Å². The summed E-state index contributed by atoms with van der Waals surface area (Å²) in [5, 5.41) is 54.4. The standard InChI is InChI=1S/C84H159NO10/c1-3-5-7-9-11-13-15-16-17-18-43-46-49-52-56-60-64-68-72-80(89)93-73-69-65-61-57-53-50-47-44-41-39-37-35-33-31-29-27-25-23-21-19-20-22-24-26-28-30-32-34-36-38-40-42-45-48-51-55-59-63-67-71-79(88)85-76(75-94-84-83(92)82(91)81(90)78(74-86)95-84)77(87)70-66-62-58-54-14-12-10-8-6-4-2/h13,15,17-18,66,70,76-78,81-84,86-87,90-92H,3-12,14,16,19-65,67-69,71-75H2,1-2H3,(H,85,88)/b15-13-,18-17-,70-66+. The van der Waals surface area contributed by atoms with Crippen LogP contribution >= 0.6 is 0 Å². The van der Waals surface area contributed by atoms with Crippen molar-refractivity contribution in [1.82, 2.24) is 5.32 Å². The minimum atomic E-state index is -1.57. The van der Waals surface area contributed by atoms with Gasteiger partial charge in [0.15, 0.2) is 6.29 Å². The molecule has 1 fully saturated rings. The van der Waals surface area contributed by atoms with E-state index in [1.54, 1.807) is 6.08 Å². The van der Waals surface area contributed by atoms with E-state index >= 15 is 0 Å². The molecule has 0 bridgehead atoms. The fraction of sp³-hybridized carbons (Fsp3) is 0.905. The third-order valence-electron chi connectivity index (χ3n) is 20.0. The van der Waals surface area contributed by atoms with E-state index in [9.17, 15) is 35.1 Å². The third kappa shape index (κ3) is 61.5. The molecule has 0 aromatic rings. The van der Waals surface area contributed by atoms with Crippen LogP contribution in [-0.4, -0.2) is 100 Å². The molecule has 0 spiro atoms. The summed E-state index contributed by atoms with van der Waals surface area (Å²) in [6.07, 6.45) is 86.4. The summed E-state index contributed by atoms with van der Waals surface area (Å²) in [5.41, 5.74) is 0. The molecule has 1 aliphatic heterocycles. The maximum Gasteiger partial charge on any atom is 0.305 e. The van der Waals surface area contributed by atoms with Crippen LogP contribution in [0.3, 0.4) is 0 Å². The Balaban J connectivity index is 1.83. The molecule has 1 rings (SSSR count). The minimum absolute atomic E-state index is 0.0116. The van der Waals surface area contributed by atoms with Gasteiger partial charge in [0.1, 0.15) is 24.4 Å². The van der Waals surface area contributed by atoms with Gasteiger partial charge in [0.05, 0.1) is 32.0 Å². The molecule has 0 radical (unpaired) electrons. The molecular weight excluding hydrogens is 1180 g/mol. The number of hydrogen-bond donors (Lipinski definition) is 6. The zero-order valence-electron chi connectivity index (χ0n) is 62.7. The van der Waals surface area contributed by atoms with Crippen LogP contribution in [-0.2, 0) is 23.8 Å². The highest BCUT2D eigenvalue weighted by molar-refractivity contribution is 5.76. The lowest BCUT2D eigenvalue weighted by Crippen LogP contribution is -2.60. The normalized spacial score (nSPS) is 17.5. The Kier molecular flexibility index (Phi) is 69.9. The summed E-state index contributed by atoms with van der Waals surface area (Å²) < 4.78 is 16.8. The molecule has 95 heavy (non-hydrogen) atoms. The molecular formula is C84H159NO10. The number of unbranched alkanes of at least 4 members (excludes halogenated alkanes) is 57. The number of nitrogens with one attached hydrogen (secondary N) is 1. The third-order valence-corrected chi connectivity index (χ3v) is 20.0. The predicted octanol–water partition coefficient (Wildman–Crippen LogP) is 22.9. The van der Waals surface area contributed by atoms with Gasteiger partial charge in [0.2, 0.25) is 5.91 Å². The summed E-state index contributed by atoms with van der Waals surface area (Å²) in [6, 6.07) is -0.804. The number of esters is 1. The summed E-state index contributed by atoms with van der Waals surface area (Å²) in [6.45, 7) is 4.36. The quantitative estimate of drug-likeness (QED) is 0.0195. The van der Waals surface area contributed by atoms with Crippen LogP contribution in [0, 0.1) is 0 Å². The molecule has 1 saturated heterocycles. The van der Waals surface area contributed by atoms with Crippen molar-refractivity contribution in [2.45, 2.75) is 468 Å². The van der Waals surface area contributed by atoms with Gasteiger partial charge >= 0.3 is 5.97 Å². The number of rotatable bonds is 75. The van der Waals surface area contributed by atoms with Crippen molar-refractivity contribution < 1.29 is 49.3 Å². The molecule has 1 aliphatic rings. The van der Waals surface area contributed by atoms with Crippen molar-refractivity contribution in [3.8, 4) is 0 Å². The molecule has 0 aromatic heterocycles. The number of ether oxygens (including phenoxy) is 3. The molecule has 11 nitrogen and oxygen atoms in total. The second kappa shape index (κ2) is 73.1. The van der Waals surface area contributed by atoms with Crippen LogP contribution in [0.25, 0.3) is 0 Å². The van der Waals surface area contributed by atoms with Crippen LogP contribution in [0.1, 0.15) is 425 Å². The summed E-state index contributed by atoms with van der Waals surface area (Å²) in [7, 11) is 0. The Labute approximate surface area is 587 Å². The maximum atomic E-state index is 13.1. The van der Waals surface area contributed by atoms with E-state index in [0.717, 1.165) is 64.2 Å². The first-order chi connectivity index (χ1) is 46.7. The molecule has 1 amide bonds. The van der Waals surface area contributed by atoms with Gasteiger partial charge in [-0.15, -0.1) is 0 Å². The van der Waals surface area contributed by atoms with E-state index in [2.05, 4.69) is 43.5 Å². The number of amides is 1. The second-order valence-electron chi connectivity index (χ2n) is 29.2. The fourth-order valence-corrected chi connectivity index (χ4v) is 13.5. The molecule has 0 aliphatic carbocycles. The van der Waals surface area contributed by atoms with Gasteiger partial charge in [0.25, 0.3) is 0 Å². The molecule has 1 heterocycles. The smallest absolute Gasteiger partial charge is 0.305 e. The van der Waals surface area contributed by atoms with E-state index in [1.165, 1.54) is 334 Å². The molecule has 7 unspecified atom stereocenters. The lowest BCUT2D eigenvalue weighted by Gasteiger charge is -2.40. The molecule has 7 atom stereocenters. The lowest BCUT2D eigenvalue weighted by molar-refractivity contribution is -0.302. The molecule has 0 aromatic carbocycles. The topological polar surface area (TPSA) is 175 Å². The van der Waals surface area contributed by atoms with Crippen molar-refractivity contribution >= 4 is 11.9 Å². The highest BCUT2D eigenvalue weighted by Crippen LogP contribution is 2.24. The number of carbonyl (C=O) groups excluding carboxylic acids is 2. The van der Waals surface area contributed by atoms with Crippen LogP contribution in [0.5, 0.6) is 0 Å². The Morgan fingerprint density at radius 2 is 0.705 bits per heavy atom. The highest BCUT2D eigenvalue weighted by Gasteiger charge is 2.44. The molecule has 11 heteroatoms. The van der Waals surface area contributed by atoms with E-state index in [0.29, 0.717) is 19.4 Å². The first-order valence-electron chi connectivity index (χ1n) is 41.8. The lowest BCUT2D eigenvalue weighted by atomic mass is 9.99. The number of allylic oxidation sites excluding steroid dienone is 5. The van der Waals surface area contributed by atoms with Gasteiger partial charge in [-0.2, -0.15) is 0 Å². The van der Waals surface area contributed by atoms with Gasteiger partial charge in [-0.1, -0.05) is 384 Å². The Morgan fingerprint density at radius 1 is 0.389 bits per heavy atom. The maximum absolute atomic E-state index is 13.1. The summed E-state index contributed by atoms with van der Waals surface area (Å²) in [5.74, 6) is -0.163. The van der Waals surface area contributed by atoms with Crippen molar-refractivity contribution in [3.05, 3.63) is 36.5 Å². The van der Waals surface area contributed by atoms with Gasteiger partial charge in [-0.25, -0.2) is 0 Å². The van der Waals surface area contributed by atoms with Crippen molar-refractivity contribution in [2.75, 3.05) is 19.8 Å². The zero-order chi connectivity index (χ0) is 68.6. The highest BCUT2D eigenvalue weighted by atomic mass is 16.7. The monoisotopic (exact) mass is 1340 g/mol. The van der Waals surface area contributed by atoms with Gasteiger partial charge in [-0.3, -0.25) is 9.59 Å². The number of carbonyl (C=O) groups is 2. The van der Waals surface area contributed by atoms with Crippen LogP contribution in [0.4, 0.5) is 0 Å². The van der Waals surface area contributed by atoms with Gasteiger partial charge in [-0.05, 0) is 64.2 Å². The Hall–Kier alpha value is -2.12. The van der Waals surface area contributed by atoms with E-state index < -0.39 is 49.5 Å². The molecule has 6 N–H and O–H groups in total. The predicted molar refractivity (Wildman–Crippen MR) is 403 cm³/mol. The molecule has 560 valence electrons. The Morgan fingerprint density at radius 3 is 1.07 bits per heavy atom. The van der Waals surface area contributed by atoms with Crippen LogP contribution in [0.2, 0.25) is 0 Å². The SMILES string of the molecule is CCCCCC/C=C\C/C=C\CCCCCCCCCC(=O)OCCCCCCCCCCCCCCCCCCCCCCCCCCCCCCCCCCCCCCCCCC(=O)NC(COC1OC(CO)C(O)C(O)C1O)C(O)/C=C/CCCCCCCCCC. The van der Waals surface area contributed by atoms with Crippen LogP contribution < -0.4 is 5.32 Å². The molecule has 0 saturated carbocycles. The van der Waals surface area contributed by atoms with Crippen LogP contribution in [0.15, 0.2) is 36.5 Å². The average molecular weight is 1340 g/mol. The van der Waals surface area contributed by atoms with E-state index in [1.807, 2.05) is 6.08 Å². The van der Waals surface area contributed by atoms with Crippen molar-refractivity contribution in [1.29, 1.82) is 0 Å². The first-order valence-corrected chi connectivity index (χ1v) is 41.8.